The summed E-state index contributed by atoms with van der Waals surface area (Å²) < 4.78 is 31.4. The third-order valence-corrected chi connectivity index (χ3v) is 4.74. The lowest BCUT2D eigenvalue weighted by Crippen LogP contribution is -2.28. The van der Waals surface area contributed by atoms with Crippen molar-refractivity contribution in [2.45, 2.75) is 26.0 Å². The van der Waals surface area contributed by atoms with E-state index in [1.807, 2.05) is 12.3 Å². The van der Waals surface area contributed by atoms with Crippen LogP contribution in [0.15, 0.2) is 53.9 Å². The summed E-state index contributed by atoms with van der Waals surface area (Å²) in [5.41, 5.74) is 1.48. The molecule has 0 spiro atoms. The monoisotopic (exact) mass is 388 g/mol. The Labute approximate surface area is 159 Å². The summed E-state index contributed by atoms with van der Waals surface area (Å²) in [5.74, 6) is -0.239. The number of hydrogen-bond donors (Lipinski definition) is 1. The number of halogens is 2. The van der Waals surface area contributed by atoms with E-state index in [-0.39, 0.29) is 36.6 Å². The number of thiazole rings is 1. The Bertz CT molecular complexity index is 895. The Kier molecular flexibility index (Phi) is 6.13. The molecule has 2 aromatic carbocycles. The number of amides is 1. The highest BCUT2D eigenvalue weighted by atomic mass is 32.1. The zero-order valence-corrected chi connectivity index (χ0v) is 15.4. The van der Waals surface area contributed by atoms with E-state index in [2.05, 4.69) is 10.3 Å². The summed E-state index contributed by atoms with van der Waals surface area (Å²) in [6, 6.07) is 11.6. The van der Waals surface area contributed by atoms with Crippen molar-refractivity contribution in [3.05, 3.63) is 81.8 Å². The predicted molar refractivity (Wildman–Crippen MR) is 99.5 cm³/mol. The normalized spacial score (nSPS) is 11.8. The van der Waals surface area contributed by atoms with E-state index < -0.39 is 0 Å². The van der Waals surface area contributed by atoms with Gasteiger partial charge in [-0.2, -0.15) is 0 Å². The fourth-order valence-corrected chi connectivity index (χ4v) is 3.17. The molecule has 1 unspecified atom stereocenters. The molecule has 1 amide bonds. The van der Waals surface area contributed by atoms with E-state index in [0.29, 0.717) is 11.4 Å². The van der Waals surface area contributed by atoms with Crippen molar-refractivity contribution < 1.29 is 18.3 Å². The van der Waals surface area contributed by atoms with Crippen LogP contribution in [0.5, 0.6) is 5.75 Å². The molecule has 3 rings (SSSR count). The van der Waals surface area contributed by atoms with Gasteiger partial charge in [0.1, 0.15) is 29.0 Å². The molecule has 0 bridgehead atoms. The largest absolute Gasteiger partial charge is 0.486 e. The SMILES string of the molecule is CC(NC(=O)Cc1csc(COc2ccc(F)cc2)n1)c1ccc(F)cc1. The summed E-state index contributed by atoms with van der Waals surface area (Å²) in [5, 5.41) is 5.41. The quantitative estimate of drug-likeness (QED) is 0.652. The van der Waals surface area contributed by atoms with Crippen LogP contribution in [0.3, 0.4) is 0 Å². The van der Waals surface area contributed by atoms with E-state index in [0.717, 1.165) is 10.6 Å². The second-order valence-corrected chi connectivity index (χ2v) is 6.94. The van der Waals surface area contributed by atoms with Crippen molar-refractivity contribution in [2.24, 2.45) is 0 Å². The van der Waals surface area contributed by atoms with Gasteiger partial charge >= 0.3 is 0 Å². The minimum Gasteiger partial charge on any atom is -0.486 e. The average molecular weight is 388 g/mol. The first-order valence-electron chi connectivity index (χ1n) is 8.36. The molecule has 3 aromatic rings. The fraction of sp³-hybridized carbons (Fsp3) is 0.200. The van der Waals surface area contributed by atoms with Gasteiger partial charge in [0, 0.05) is 5.38 Å². The lowest BCUT2D eigenvalue weighted by atomic mass is 10.1. The van der Waals surface area contributed by atoms with E-state index in [1.165, 1.54) is 35.6 Å². The van der Waals surface area contributed by atoms with E-state index in [1.54, 1.807) is 24.3 Å². The highest BCUT2D eigenvalue weighted by molar-refractivity contribution is 7.09. The smallest absolute Gasteiger partial charge is 0.226 e. The van der Waals surface area contributed by atoms with Gasteiger partial charge in [0.15, 0.2) is 0 Å². The van der Waals surface area contributed by atoms with E-state index >= 15 is 0 Å². The lowest BCUT2D eigenvalue weighted by molar-refractivity contribution is -0.121. The van der Waals surface area contributed by atoms with Crippen LogP contribution in [0.25, 0.3) is 0 Å². The molecule has 4 nitrogen and oxygen atoms in total. The van der Waals surface area contributed by atoms with Gasteiger partial charge in [0.2, 0.25) is 5.91 Å². The molecule has 0 aliphatic heterocycles. The van der Waals surface area contributed by atoms with Gasteiger partial charge in [-0.3, -0.25) is 4.79 Å². The second kappa shape index (κ2) is 8.73. The van der Waals surface area contributed by atoms with Crippen molar-refractivity contribution in [2.75, 3.05) is 0 Å². The van der Waals surface area contributed by atoms with E-state index in [4.69, 9.17) is 4.74 Å². The zero-order chi connectivity index (χ0) is 19.2. The molecule has 1 heterocycles. The van der Waals surface area contributed by atoms with Crippen LogP contribution < -0.4 is 10.1 Å². The highest BCUT2D eigenvalue weighted by Gasteiger charge is 2.12. The van der Waals surface area contributed by atoms with Gasteiger partial charge in [0.05, 0.1) is 18.2 Å². The Morgan fingerprint density at radius 3 is 2.41 bits per heavy atom. The summed E-state index contributed by atoms with van der Waals surface area (Å²) in [6.07, 6.45) is 0.151. The molecule has 0 aliphatic carbocycles. The molecule has 0 radical (unpaired) electrons. The van der Waals surface area contributed by atoms with Gasteiger partial charge in [0.25, 0.3) is 0 Å². The fourth-order valence-electron chi connectivity index (χ4n) is 2.46. The third-order valence-electron chi connectivity index (χ3n) is 3.86. The molecule has 0 saturated heterocycles. The second-order valence-electron chi connectivity index (χ2n) is 5.99. The number of ether oxygens (including phenoxy) is 1. The number of benzene rings is 2. The van der Waals surface area contributed by atoms with Crippen molar-refractivity contribution in [1.82, 2.24) is 10.3 Å². The molecular weight excluding hydrogens is 370 g/mol. The molecule has 140 valence electrons. The number of nitrogens with zero attached hydrogens (tertiary/aromatic N) is 1. The van der Waals surface area contributed by atoms with Crippen LogP contribution in [0.1, 0.15) is 29.2 Å². The van der Waals surface area contributed by atoms with Crippen LogP contribution in [0.2, 0.25) is 0 Å². The molecule has 0 fully saturated rings. The summed E-state index contributed by atoms with van der Waals surface area (Å²) in [7, 11) is 0. The molecule has 27 heavy (non-hydrogen) atoms. The molecule has 0 saturated carbocycles. The van der Waals surface area contributed by atoms with Crippen LogP contribution in [-0.2, 0) is 17.8 Å². The molecule has 1 aromatic heterocycles. The first-order chi connectivity index (χ1) is 13.0. The number of nitrogens with one attached hydrogen (secondary N) is 1. The maximum absolute atomic E-state index is 13.0. The van der Waals surface area contributed by atoms with Crippen LogP contribution >= 0.6 is 11.3 Å². The highest BCUT2D eigenvalue weighted by Crippen LogP contribution is 2.17. The Morgan fingerprint density at radius 2 is 1.74 bits per heavy atom. The number of rotatable bonds is 7. The summed E-state index contributed by atoms with van der Waals surface area (Å²) >= 11 is 1.40. The number of hydrogen-bond acceptors (Lipinski definition) is 4. The number of carbonyl (C=O) groups excluding carboxylic acids is 1. The zero-order valence-electron chi connectivity index (χ0n) is 14.6. The van der Waals surface area contributed by atoms with Crippen molar-refractivity contribution >= 4 is 17.2 Å². The van der Waals surface area contributed by atoms with Crippen LogP contribution in [-0.4, -0.2) is 10.9 Å². The first kappa shape index (κ1) is 19.0. The molecule has 0 aliphatic rings. The Hall–Kier alpha value is -2.80. The topological polar surface area (TPSA) is 51.2 Å². The van der Waals surface area contributed by atoms with Crippen LogP contribution in [0.4, 0.5) is 8.78 Å². The number of carbonyl (C=O) groups is 1. The molecule has 1 atom stereocenters. The summed E-state index contributed by atoms with van der Waals surface area (Å²) in [6.45, 7) is 2.10. The Morgan fingerprint density at radius 1 is 1.11 bits per heavy atom. The van der Waals surface area contributed by atoms with Crippen LogP contribution in [0, 0.1) is 11.6 Å². The maximum atomic E-state index is 13.0. The molecule has 1 N–H and O–H groups in total. The first-order valence-corrected chi connectivity index (χ1v) is 9.24. The number of aromatic nitrogens is 1. The predicted octanol–water partition coefficient (Wildman–Crippen LogP) is 4.42. The standard InChI is InChI=1S/C20H18F2N2O2S/c1-13(14-2-4-15(21)5-3-14)23-19(25)10-17-12-27-20(24-17)11-26-18-8-6-16(22)7-9-18/h2-9,12-13H,10-11H2,1H3,(H,23,25). The van der Waals surface area contributed by atoms with Gasteiger partial charge < -0.3 is 10.1 Å². The van der Waals surface area contributed by atoms with Gasteiger partial charge in [-0.25, -0.2) is 13.8 Å². The molecular formula is C20H18F2N2O2S. The van der Waals surface area contributed by atoms with Crippen molar-refractivity contribution in [1.29, 1.82) is 0 Å². The summed E-state index contributed by atoms with van der Waals surface area (Å²) in [4.78, 5) is 16.6. The van der Waals surface area contributed by atoms with Gasteiger partial charge in [-0.1, -0.05) is 12.1 Å². The average Bonchev–Trinajstić information content (AvgIpc) is 3.09. The minimum atomic E-state index is -0.320. The third kappa shape index (κ3) is 5.59. The van der Waals surface area contributed by atoms with E-state index in [9.17, 15) is 13.6 Å². The van der Waals surface area contributed by atoms with Crippen molar-refractivity contribution in [3.63, 3.8) is 0 Å². The Balaban J connectivity index is 1.50. The lowest BCUT2D eigenvalue weighted by Gasteiger charge is -2.13. The van der Waals surface area contributed by atoms with Gasteiger partial charge in [-0.05, 0) is 48.9 Å². The van der Waals surface area contributed by atoms with Crippen molar-refractivity contribution in [3.8, 4) is 5.75 Å². The molecule has 7 heteroatoms. The minimum absolute atomic E-state index is 0.151. The maximum Gasteiger partial charge on any atom is 0.226 e. The van der Waals surface area contributed by atoms with Gasteiger partial charge in [-0.15, -0.1) is 11.3 Å².